The smallest absolute Gasteiger partial charge is 0.255 e. The molecule has 1 aromatic rings. The number of fused-ring (bicyclic) bond motifs is 1. The first-order valence-corrected chi connectivity index (χ1v) is 9.70. The second-order valence-electron chi connectivity index (χ2n) is 7.86. The summed E-state index contributed by atoms with van der Waals surface area (Å²) in [6, 6.07) is 5.99. The lowest BCUT2D eigenvalue weighted by molar-refractivity contribution is -0.136. The maximum absolute atomic E-state index is 12.8. The zero-order valence-electron chi connectivity index (χ0n) is 15.9. The normalized spacial score (nSPS) is 23.8. The van der Waals surface area contributed by atoms with Gasteiger partial charge >= 0.3 is 0 Å². The van der Waals surface area contributed by atoms with E-state index in [1.54, 1.807) is 4.90 Å². The summed E-state index contributed by atoms with van der Waals surface area (Å²) in [6.07, 6.45) is 0.677. The molecule has 7 heteroatoms. The Kier molecular flexibility index (Phi) is 4.63. The Balaban J connectivity index is 1.48. The average Bonchev–Trinajstić information content (AvgIpc) is 2.98. The highest BCUT2D eigenvalue weighted by molar-refractivity contribution is 6.05. The molecule has 3 amide bonds. The summed E-state index contributed by atoms with van der Waals surface area (Å²) in [5.41, 5.74) is 2.77. The number of nitrogens with one attached hydrogen (secondary N) is 1. The lowest BCUT2D eigenvalue weighted by Gasteiger charge is -2.38. The van der Waals surface area contributed by atoms with E-state index in [0.29, 0.717) is 24.6 Å². The zero-order valence-corrected chi connectivity index (χ0v) is 15.9. The molecule has 1 aromatic carbocycles. The van der Waals surface area contributed by atoms with Crippen molar-refractivity contribution in [3.05, 3.63) is 29.3 Å². The summed E-state index contributed by atoms with van der Waals surface area (Å²) < 4.78 is 0. The second kappa shape index (κ2) is 6.96. The van der Waals surface area contributed by atoms with Crippen LogP contribution in [0.15, 0.2) is 18.2 Å². The Morgan fingerprint density at radius 2 is 1.81 bits per heavy atom. The first-order valence-electron chi connectivity index (χ1n) is 9.70. The highest BCUT2D eigenvalue weighted by Crippen LogP contribution is 2.31. The van der Waals surface area contributed by atoms with Crippen molar-refractivity contribution in [1.82, 2.24) is 15.1 Å². The molecule has 0 aromatic heterocycles. The fraction of sp³-hybridized carbons (Fsp3) is 0.550. The number of hydrogen-bond donors (Lipinski definition) is 1. The number of carbonyl (C=O) groups is 3. The number of piperidine rings is 1. The van der Waals surface area contributed by atoms with Crippen molar-refractivity contribution < 1.29 is 14.4 Å². The Morgan fingerprint density at radius 3 is 2.48 bits per heavy atom. The van der Waals surface area contributed by atoms with Gasteiger partial charge in [-0.25, -0.2) is 0 Å². The molecule has 0 aliphatic carbocycles. The maximum atomic E-state index is 12.8. The standard InChI is InChI=1S/C20H26N4O3/c1-13(2)22-7-9-23(10-8-22)15-3-4-16-14(11-15)12-24(20(16)27)17-5-6-18(25)21-19(17)26/h3-4,11,13,17H,5-10,12H2,1-2H3,(H,21,25,26). The van der Waals surface area contributed by atoms with Crippen LogP contribution in [0.4, 0.5) is 5.69 Å². The molecular weight excluding hydrogens is 344 g/mol. The van der Waals surface area contributed by atoms with Crippen LogP contribution >= 0.6 is 0 Å². The second-order valence-corrected chi connectivity index (χ2v) is 7.86. The predicted octanol–water partition coefficient (Wildman–Crippen LogP) is 0.978. The number of benzene rings is 1. The van der Waals surface area contributed by atoms with E-state index in [2.05, 4.69) is 35.0 Å². The molecule has 2 saturated heterocycles. The van der Waals surface area contributed by atoms with Crippen LogP contribution in [-0.2, 0) is 16.1 Å². The highest BCUT2D eigenvalue weighted by Gasteiger charge is 2.39. The molecule has 7 nitrogen and oxygen atoms in total. The Morgan fingerprint density at radius 1 is 1.07 bits per heavy atom. The molecule has 1 N–H and O–H groups in total. The molecule has 27 heavy (non-hydrogen) atoms. The third-order valence-electron chi connectivity index (χ3n) is 5.92. The van der Waals surface area contributed by atoms with Crippen molar-refractivity contribution in [2.24, 2.45) is 0 Å². The van der Waals surface area contributed by atoms with Gasteiger partial charge in [0.2, 0.25) is 11.8 Å². The van der Waals surface area contributed by atoms with Gasteiger partial charge in [0, 0.05) is 56.4 Å². The van der Waals surface area contributed by atoms with Crippen molar-refractivity contribution in [3.8, 4) is 0 Å². The minimum Gasteiger partial charge on any atom is -0.369 e. The molecule has 0 saturated carbocycles. The number of anilines is 1. The minimum absolute atomic E-state index is 0.115. The number of hydrogen-bond acceptors (Lipinski definition) is 5. The predicted molar refractivity (Wildman–Crippen MR) is 101 cm³/mol. The van der Waals surface area contributed by atoms with Crippen LogP contribution in [0.1, 0.15) is 42.6 Å². The summed E-state index contributed by atoms with van der Waals surface area (Å²) in [4.78, 5) is 42.7. The molecule has 0 bridgehead atoms. The molecule has 1 unspecified atom stereocenters. The van der Waals surface area contributed by atoms with Gasteiger partial charge in [-0.15, -0.1) is 0 Å². The number of amides is 3. The SMILES string of the molecule is CC(C)N1CCN(c2ccc3c(c2)CN(C2CCC(=O)NC2=O)C3=O)CC1. The van der Waals surface area contributed by atoms with E-state index in [0.717, 1.165) is 37.4 Å². The summed E-state index contributed by atoms with van der Waals surface area (Å²) in [5, 5.41) is 2.35. The summed E-state index contributed by atoms with van der Waals surface area (Å²) >= 11 is 0. The summed E-state index contributed by atoms with van der Waals surface area (Å²) in [5.74, 6) is -0.739. The molecular formula is C20H26N4O3. The number of nitrogens with zero attached hydrogens (tertiary/aromatic N) is 3. The first kappa shape index (κ1) is 18.0. The molecule has 3 heterocycles. The van der Waals surface area contributed by atoms with Crippen LogP contribution in [0.2, 0.25) is 0 Å². The highest BCUT2D eigenvalue weighted by atomic mass is 16.2. The summed E-state index contributed by atoms with van der Waals surface area (Å²) in [6.45, 7) is 8.90. The topological polar surface area (TPSA) is 73.0 Å². The fourth-order valence-electron chi connectivity index (χ4n) is 4.25. The van der Waals surface area contributed by atoms with Gasteiger partial charge in [0.1, 0.15) is 6.04 Å². The lowest BCUT2D eigenvalue weighted by Crippen LogP contribution is -2.52. The van der Waals surface area contributed by atoms with E-state index < -0.39 is 6.04 Å². The van der Waals surface area contributed by atoms with E-state index in [1.165, 1.54) is 0 Å². The van der Waals surface area contributed by atoms with E-state index in [1.807, 2.05) is 12.1 Å². The van der Waals surface area contributed by atoms with Crippen molar-refractivity contribution in [2.45, 2.75) is 45.3 Å². The Hall–Kier alpha value is -2.41. The van der Waals surface area contributed by atoms with Gasteiger partial charge in [-0.05, 0) is 44.0 Å². The largest absolute Gasteiger partial charge is 0.369 e. The van der Waals surface area contributed by atoms with Crippen molar-refractivity contribution >= 4 is 23.4 Å². The molecule has 2 fully saturated rings. The molecule has 4 rings (SSSR count). The van der Waals surface area contributed by atoms with E-state index >= 15 is 0 Å². The number of rotatable bonds is 3. The van der Waals surface area contributed by atoms with Crippen LogP contribution in [0, 0.1) is 0 Å². The van der Waals surface area contributed by atoms with Gasteiger partial charge in [-0.2, -0.15) is 0 Å². The minimum atomic E-state index is -0.555. The van der Waals surface area contributed by atoms with E-state index in [9.17, 15) is 14.4 Å². The molecule has 0 radical (unpaired) electrons. The van der Waals surface area contributed by atoms with Gasteiger partial charge in [0.15, 0.2) is 0 Å². The van der Waals surface area contributed by atoms with Crippen molar-refractivity contribution in [1.29, 1.82) is 0 Å². The quantitative estimate of drug-likeness (QED) is 0.803. The van der Waals surface area contributed by atoms with Crippen LogP contribution < -0.4 is 10.2 Å². The number of carbonyl (C=O) groups excluding carboxylic acids is 3. The van der Waals surface area contributed by atoms with Crippen LogP contribution in [-0.4, -0.2) is 65.8 Å². The van der Waals surface area contributed by atoms with Gasteiger partial charge in [-0.1, -0.05) is 0 Å². The van der Waals surface area contributed by atoms with Crippen molar-refractivity contribution in [2.75, 3.05) is 31.1 Å². The molecule has 0 spiro atoms. The zero-order chi connectivity index (χ0) is 19.1. The van der Waals surface area contributed by atoms with Gasteiger partial charge in [0.25, 0.3) is 5.91 Å². The van der Waals surface area contributed by atoms with Crippen LogP contribution in [0.25, 0.3) is 0 Å². The monoisotopic (exact) mass is 370 g/mol. The maximum Gasteiger partial charge on any atom is 0.255 e. The first-order chi connectivity index (χ1) is 12.9. The molecule has 3 aliphatic rings. The molecule has 3 aliphatic heterocycles. The van der Waals surface area contributed by atoms with Gasteiger partial charge in [0.05, 0.1) is 0 Å². The van der Waals surface area contributed by atoms with E-state index in [4.69, 9.17) is 0 Å². The summed E-state index contributed by atoms with van der Waals surface area (Å²) in [7, 11) is 0. The molecule has 1 atom stereocenters. The van der Waals surface area contributed by atoms with Gasteiger partial charge in [-0.3, -0.25) is 24.6 Å². The van der Waals surface area contributed by atoms with Gasteiger partial charge < -0.3 is 9.80 Å². The molecule has 144 valence electrons. The van der Waals surface area contributed by atoms with Crippen LogP contribution in [0.5, 0.6) is 0 Å². The van der Waals surface area contributed by atoms with Crippen molar-refractivity contribution in [3.63, 3.8) is 0 Å². The van der Waals surface area contributed by atoms with E-state index in [-0.39, 0.29) is 24.1 Å². The number of imide groups is 1. The number of piperazine rings is 1. The lowest BCUT2D eigenvalue weighted by atomic mass is 10.0. The third kappa shape index (κ3) is 3.32. The van der Waals surface area contributed by atoms with Crippen LogP contribution in [0.3, 0.4) is 0 Å². The Bertz CT molecular complexity index is 783. The average molecular weight is 370 g/mol. The third-order valence-corrected chi connectivity index (χ3v) is 5.92. The fourth-order valence-corrected chi connectivity index (χ4v) is 4.25. The Labute approximate surface area is 159 Å².